The maximum Gasteiger partial charge on any atom is 0.218 e. The molecule has 0 saturated carbocycles. The molecular weight excluding hydrogens is 319 g/mol. The third kappa shape index (κ3) is 2.56. The molecular formula is C20H15FN2O2. The second kappa shape index (κ2) is 6.06. The maximum absolute atomic E-state index is 13.8. The van der Waals surface area contributed by atoms with Gasteiger partial charge in [-0.2, -0.15) is 5.26 Å². The van der Waals surface area contributed by atoms with Gasteiger partial charge in [0.2, 0.25) is 5.88 Å². The van der Waals surface area contributed by atoms with E-state index in [-0.39, 0.29) is 5.78 Å². The van der Waals surface area contributed by atoms with E-state index in [0.717, 1.165) is 0 Å². The monoisotopic (exact) mass is 334 g/mol. The SMILES string of the molecule is N#CC1=C(n2cccc2)OC2=C(C(=O)CCC2)[C@@H]1c1cccc(F)c1. The first kappa shape index (κ1) is 15.4. The minimum absolute atomic E-state index is 0.0326. The van der Waals surface area contributed by atoms with Crippen molar-refractivity contribution in [3.63, 3.8) is 0 Å². The standard InChI is InChI=1S/C20H15FN2O2/c21-14-6-3-5-13(11-14)18-15(12-22)20(23-9-1-2-10-23)25-17-8-4-7-16(24)19(17)18/h1-3,5-6,9-11,18H,4,7-8H2/t18-/m1/s1. The van der Waals surface area contributed by atoms with E-state index in [1.807, 2.05) is 12.1 Å². The summed E-state index contributed by atoms with van der Waals surface area (Å²) in [4.78, 5) is 12.6. The molecule has 1 aromatic heterocycles. The number of nitrogens with zero attached hydrogens (tertiary/aromatic N) is 2. The molecule has 2 aromatic rings. The molecule has 2 aliphatic rings. The highest BCUT2D eigenvalue weighted by Crippen LogP contribution is 2.45. The Hall–Kier alpha value is -3.13. The molecule has 0 fully saturated rings. The molecule has 124 valence electrons. The van der Waals surface area contributed by atoms with E-state index in [1.165, 1.54) is 12.1 Å². The fourth-order valence-electron chi connectivity index (χ4n) is 3.50. The average molecular weight is 334 g/mol. The number of carbonyl (C=O) groups excluding carboxylic acids is 1. The summed E-state index contributed by atoms with van der Waals surface area (Å²) in [6.07, 6.45) is 5.34. The number of nitriles is 1. The number of ether oxygens (including phenoxy) is 1. The molecule has 2 heterocycles. The number of hydrogen-bond donors (Lipinski definition) is 0. The van der Waals surface area contributed by atoms with Crippen molar-refractivity contribution in [1.82, 2.24) is 4.57 Å². The van der Waals surface area contributed by atoms with Gasteiger partial charge in [0.05, 0.1) is 5.92 Å². The molecule has 0 amide bonds. The lowest BCUT2D eigenvalue weighted by Crippen LogP contribution is -2.26. The lowest BCUT2D eigenvalue weighted by molar-refractivity contribution is -0.116. The Balaban J connectivity index is 1.96. The van der Waals surface area contributed by atoms with E-state index in [0.29, 0.717) is 47.6 Å². The van der Waals surface area contributed by atoms with Gasteiger partial charge in [-0.15, -0.1) is 0 Å². The number of benzene rings is 1. The molecule has 0 unspecified atom stereocenters. The predicted octanol–water partition coefficient (Wildman–Crippen LogP) is 4.14. The molecule has 25 heavy (non-hydrogen) atoms. The number of Topliss-reactive ketones (excluding diaryl/α,β-unsaturated/α-hetero) is 1. The zero-order valence-electron chi connectivity index (χ0n) is 13.4. The van der Waals surface area contributed by atoms with Gasteiger partial charge in [-0.1, -0.05) is 12.1 Å². The second-order valence-electron chi connectivity index (χ2n) is 6.12. The van der Waals surface area contributed by atoms with Gasteiger partial charge in [0.1, 0.15) is 23.2 Å². The van der Waals surface area contributed by atoms with Crippen LogP contribution in [0.2, 0.25) is 0 Å². The molecule has 4 nitrogen and oxygen atoms in total. The van der Waals surface area contributed by atoms with Crippen LogP contribution in [0.25, 0.3) is 5.88 Å². The molecule has 1 aliphatic heterocycles. The normalized spacial score (nSPS) is 20.2. The number of ketones is 1. The van der Waals surface area contributed by atoms with Crippen LogP contribution >= 0.6 is 0 Å². The van der Waals surface area contributed by atoms with E-state index in [4.69, 9.17) is 4.74 Å². The van der Waals surface area contributed by atoms with Gasteiger partial charge >= 0.3 is 0 Å². The van der Waals surface area contributed by atoms with Crippen LogP contribution < -0.4 is 0 Å². The van der Waals surface area contributed by atoms with Gasteiger partial charge in [-0.3, -0.25) is 9.36 Å². The molecule has 1 atom stereocenters. The van der Waals surface area contributed by atoms with E-state index in [9.17, 15) is 14.4 Å². The van der Waals surface area contributed by atoms with Crippen LogP contribution in [0.3, 0.4) is 0 Å². The van der Waals surface area contributed by atoms with Crippen LogP contribution in [0.4, 0.5) is 4.39 Å². The van der Waals surface area contributed by atoms with Crippen LogP contribution in [0.5, 0.6) is 0 Å². The van der Waals surface area contributed by atoms with Gasteiger partial charge in [-0.25, -0.2) is 4.39 Å². The van der Waals surface area contributed by atoms with Gasteiger partial charge in [0.15, 0.2) is 5.78 Å². The number of allylic oxidation sites excluding steroid dienone is 3. The van der Waals surface area contributed by atoms with E-state index in [2.05, 4.69) is 6.07 Å². The lowest BCUT2D eigenvalue weighted by Gasteiger charge is -2.32. The fourth-order valence-corrected chi connectivity index (χ4v) is 3.50. The van der Waals surface area contributed by atoms with Crippen molar-refractivity contribution in [2.24, 2.45) is 0 Å². The van der Waals surface area contributed by atoms with E-state index >= 15 is 0 Å². The van der Waals surface area contributed by atoms with Crippen molar-refractivity contribution in [2.45, 2.75) is 25.2 Å². The van der Waals surface area contributed by atoms with Crippen LogP contribution in [0.1, 0.15) is 30.7 Å². The van der Waals surface area contributed by atoms with Gasteiger partial charge < -0.3 is 4.74 Å². The average Bonchev–Trinajstić information content (AvgIpc) is 3.15. The molecule has 0 bridgehead atoms. The third-order valence-electron chi connectivity index (χ3n) is 4.58. The van der Waals surface area contributed by atoms with Crippen molar-refractivity contribution in [1.29, 1.82) is 5.26 Å². The highest BCUT2D eigenvalue weighted by atomic mass is 19.1. The molecule has 5 heteroatoms. The maximum atomic E-state index is 13.8. The van der Waals surface area contributed by atoms with Crippen molar-refractivity contribution in [3.05, 3.63) is 77.1 Å². The lowest BCUT2D eigenvalue weighted by atomic mass is 9.77. The highest BCUT2D eigenvalue weighted by Gasteiger charge is 2.39. The van der Waals surface area contributed by atoms with Crippen molar-refractivity contribution < 1.29 is 13.9 Å². The zero-order valence-corrected chi connectivity index (χ0v) is 13.4. The zero-order chi connectivity index (χ0) is 17.4. The minimum atomic E-state index is -0.602. The Morgan fingerprint density at radius 2 is 2.00 bits per heavy atom. The quantitative estimate of drug-likeness (QED) is 0.829. The molecule has 4 rings (SSSR count). The Kier molecular flexibility index (Phi) is 3.73. The Morgan fingerprint density at radius 3 is 2.72 bits per heavy atom. The minimum Gasteiger partial charge on any atom is -0.443 e. The molecule has 0 saturated heterocycles. The van der Waals surface area contributed by atoms with Gasteiger partial charge in [-0.05, 0) is 36.2 Å². The first-order valence-electron chi connectivity index (χ1n) is 8.16. The van der Waals surface area contributed by atoms with Gasteiger partial charge in [0.25, 0.3) is 0 Å². The first-order valence-corrected chi connectivity index (χ1v) is 8.16. The number of hydrogen-bond acceptors (Lipinski definition) is 3. The summed E-state index contributed by atoms with van der Waals surface area (Å²) in [6.45, 7) is 0. The summed E-state index contributed by atoms with van der Waals surface area (Å²) in [5.74, 6) is -0.0536. The number of rotatable bonds is 2. The number of aromatic nitrogens is 1. The van der Waals surface area contributed by atoms with Crippen LogP contribution in [-0.4, -0.2) is 10.4 Å². The smallest absolute Gasteiger partial charge is 0.218 e. The molecule has 0 spiro atoms. The molecule has 0 N–H and O–H groups in total. The van der Waals surface area contributed by atoms with Gasteiger partial charge in [0, 0.05) is 30.8 Å². The summed E-state index contributed by atoms with van der Waals surface area (Å²) in [5, 5.41) is 9.81. The van der Waals surface area contributed by atoms with Crippen LogP contribution in [0.15, 0.2) is 65.7 Å². The van der Waals surface area contributed by atoms with Crippen LogP contribution in [-0.2, 0) is 9.53 Å². The largest absolute Gasteiger partial charge is 0.443 e. The molecule has 1 aliphatic carbocycles. The number of halogens is 1. The summed E-state index contributed by atoms with van der Waals surface area (Å²) in [6, 6.07) is 11.9. The van der Waals surface area contributed by atoms with Crippen molar-refractivity contribution in [3.8, 4) is 6.07 Å². The molecule has 1 aromatic carbocycles. The van der Waals surface area contributed by atoms with E-state index in [1.54, 1.807) is 29.1 Å². The molecule has 0 radical (unpaired) electrons. The van der Waals surface area contributed by atoms with Crippen molar-refractivity contribution in [2.75, 3.05) is 0 Å². The Bertz CT molecular complexity index is 948. The van der Waals surface area contributed by atoms with Crippen LogP contribution in [0, 0.1) is 17.1 Å². The number of carbonyl (C=O) groups is 1. The Labute approximate surface area is 144 Å². The fraction of sp³-hybridized carbons (Fsp3) is 0.200. The van der Waals surface area contributed by atoms with Crippen molar-refractivity contribution >= 4 is 11.7 Å². The topological polar surface area (TPSA) is 55.0 Å². The third-order valence-corrected chi connectivity index (χ3v) is 4.58. The first-order chi connectivity index (χ1) is 12.2. The van der Waals surface area contributed by atoms with E-state index < -0.39 is 11.7 Å². The summed E-state index contributed by atoms with van der Waals surface area (Å²) < 4.78 is 21.5. The second-order valence-corrected chi connectivity index (χ2v) is 6.12. The summed E-state index contributed by atoms with van der Waals surface area (Å²) in [5.41, 5.74) is 1.40. The Morgan fingerprint density at radius 1 is 1.20 bits per heavy atom. The summed E-state index contributed by atoms with van der Waals surface area (Å²) in [7, 11) is 0. The highest BCUT2D eigenvalue weighted by molar-refractivity contribution is 6.00. The summed E-state index contributed by atoms with van der Waals surface area (Å²) >= 11 is 0. The predicted molar refractivity (Wildman–Crippen MR) is 89.4 cm³/mol.